The summed E-state index contributed by atoms with van der Waals surface area (Å²) in [5, 5.41) is 0. The van der Waals surface area contributed by atoms with Gasteiger partial charge in [-0.3, -0.25) is 14.5 Å². The number of rotatable bonds is 2. The minimum Gasteiger partial charge on any atom is -0.488 e. The van der Waals surface area contributed by atoms with E-state index in [4.69, 9.17) is 14.2 Å². The van der Waals surface area contributed by atoms with E-state index in [1.54, 1.807) is 36.3 Å². The average Bonchev–Trinajstić information content (AvgIpc) is 2.82. The maximum absolute atomic E-state index is 13.2. The number of carbonyl (C=O) groups excluding carboxylic acids is 2. The Morgan fingerprint density at radius 2 is 1.76 bits per heavy atom. The number of benzene rings is 1. The Hall–Kier alpha value is -3.17. The molecule has 1 aromatic carbocycles. The van der Waals surface area contributed by atoms with Crippen LogP contribution in [0.1, 0.15) is 24.2 Å². The topological polar surface area (TPSA) is 84.4 Å². The van der Waals surface area contributed by atoms with Gasteiger partial charge in [0.1, 0.15) is 12.2 Å². The molecule has 1 fully saturated rings. The zero-order chi connectivity index (χ0) is 24.1. The number of carbonyl (C=O) groups is 2. The second-order valence-electron chi connectivity index (χ2n) is 8.81. The summed E-state index contributed by atoms with van der Waals surface area (Å²) in [7, 11) is 1.74. The Kier molecular flexibility index (Phi) is 7.64. The van der Waals surface area contributed by atoms with Gasteiger partial charge in [0, 0.05) is 46.0 Å². The summed E-state index contributed by atoms with van der Waals surface area (Å²) < 4.78 is 17.8. The number of likely N-dealkylation sites (N-methyl/N-ethyl adjacent to an activating group) is 1. The van der Waals surface area contributed by atoms with Gasteiger partial charge in [-0.15, -0.1) is 0 Å². The van der Waals surface area contributed by atoms with Crippen LogP contribution in [-0.2, 0) is 9.53 Å². The van der Waals surface area contributed by atoms with E-state index in [1.165, 1.54) is 0 Å². The van der Waals surface area contributed by atoms with E-state index in [2.05, 4.69) is 4.98 Å². The number of aromatic nitrogens is 1. The second kappa shape index (κ2) is 10.8. The summed E-state index contributed by atoms with van der Waals surface area (Å²) in [6.45, 7) is 7.26. The van der Waals surface area contributed by atoms with Crippen LogP contribution >= 0.6 is 0 Å². The van der Waals surface area contributed by atoms with Crippen LogP contribution in [0.2, 0.25) is 0 Å². The summed E-state index contributed by atoms with van der Waals surface area (Å²) in [4.78, 5) is 36.0. The van der Waals surface area contributed by atoms with Gasteiger partial charge >= 0.3 is 0 Å². The number of fused-ring (bicyclic) bond motifs is 2. The number of pyridine rings is 1. The van der Waals surface area contributed by atoms with Crippen LogP contribution < -0.4 is 9.47 Å². The van der Waals surface area contributed by atoms with Crippen LogP contribution in [0.15, 0.2) is 42.6 Å². The third kappa shape index (κ3) is 5.84. The molecule has 2 aromatic rings. The molecule has 0 bridgehead atoms. The smallest absolute Gasteiger partial charge is 0.259 e. The lowest BCUT2D eigenvalue weighted by Gasteiger charge is -2.36. The molecule has 9 nitrogen and oxygen atoms in total. The monoisotopic (exact) mass is 468 g/mol. The Balaban J connectivity index is 1.54. The van der Waals surface area contributed by atoms with Crippen molar-refractivity contribution >= 4 is 11.8 Å². The predicted molar refractivity (Wildman–Crippen MR) is 126 cm³/mol. The number of morpholine rings is 1. The van der Waals surface area contributed by atoms with Crippen molar-refractivity contribution in [2.24, 2.45) is 0 Å². The zero-order valence-electron chi connectivity index (χ0n) is 20.0. The summed E-state index contributed by atoms with van der Waals surface area (Å²) in [5.74, 6) is 1.14. The summed E-state index contributed by atoms with van der Waals surface area (Å²) in [5.41, 5.74) is 0.373. The molecular weight excluding hydrogens is 436 g/mol. The lowest BCUT2D eigenvalue weighted by Crippen LogP contribution is -2.52. The van der Waals surface area contributed by atoms with Crippen LogP contribution in [0.25, 0.3) is 0 Å². The molecule has 0 aliphatic carbocycles. The average molecular weight is 469 g/mol. The van der Waals surface area contributed by atoms with Gasteiger partial charge in [0.05, 0.1) is 18.8 Å². The molecule has 0 saturated carbocycles. The third-order valence-electron chi connectivity index (χ3n) is 5.95. The number of amides is 2. The van der Waals surface area contributed by atoms with Crippen molar-refractivity contribution in [2.75, 3.05) is 52.9 Å². The predicted octanol–water partition coefficient (Wildman–Crippen LogP) is 2.28. The lowest BCUT2D eigenvalue weighted by atomic mass is 10.2. The first kappa shape index (κ1) is 24.0. The Morgan fingerprint density at radius 3 is 2.53 bits per heavy atom. The van der Waals surface area contributed by atoms with Crippen LogP contribution in [0.4, 0.5) is 0 Å². The van der Waals surface area contributed by atoms with Crippen molar-refractivity contribution in [3.63, 3.8) is 0 Å². The van der Waals surface area contributed by atoms with Gasteiger partial charge in [0.25, 0.3) is 5.91 Å². The van der Waals surface area contributed by atoms with E-state index in [9.17, 15) is 9.59 Å². The van der Waals surface area contributed by atoms with Crippen molar-refractivity contribution in [3.05, 3.63) is 48.2 Å². The molecule has 1 aromatic heterocycles. The Bertz CT molecular complexity index is 1010. The van der Waals surface area contributed by atoms with Crippen molar-refractivity contribution in [1.82, 2.24) is 19.7 Å². The first-order valence-electron chi connectivity index (χ1n) is 11.7. The highest BCUT2D eigenvalue weighted by atomic mass is 16.5. The SMILES string of the molecule is CC1CN(C(=O)CN2CCOc3ccccc3Oc3ncccc3C(=O)N(C)CC2)CC(C)O1. The highest BCUT2D eigenvalue weighted by molar-refractivity contribution is 5.96. The molecule has 1 saturated heterocycles. The van der Waals surface area contributed by atoms with Crippen LogP contribution in [0.3, 0.4) is 0 Å². The van der Waals surface area contributed by atoms with Crippen molar-refractivity contribution in [2.45, 2.75) is 26.1 Å². The fourth-order valence-corrected chi connectivity index (χ4v) is 4.22. The highest BCUT2D eigenvalue weighted by Crippen LogP contribution is 2.32. The maximum Gasteiger partial charge on any atom is 0.259 e. The van der Waals surface area contributed by atoms with Gasteiger partial charge in [0.2, 0.25) is 11.8 Å². The van der Waals surface area contributed by atoms with E-state index in [1.807, 2.05) is 41.8 Å². The van der Waals surface area contributed by atoms with Crippen molar-refractivity contribution < 1.29 is 23.8 Å². The second-order valence-corrected chi connectivity index (χ2v) is 8.81. The van der Waals surface area contributed by atoms with E-state index in [0.717, 1.165) is 0 Å². The standard InChI is InChI=1S/C25H32N4O5/c1-18-15-29(16-19(2)33-18)23(30)17-28-12-11-27(3)25(31)20-7-6-10-26-24(20)34-22-9-5-4-8-21(22)32-14-13-28/h4-10,18-19H,11-17H2,1-3H3. The molecule has 0 radical (unpaired) electrons. The summed E-state index contributed by atoms with van der Waals surface area (Å²) in [6.07, 6.45) is 1.62. The number of para-hydroxylation sites is 2. The molecule has 0 spiro atoms. The van der Waals surface area contributed by atoms with Crippen LogP contribution in [0, 0.1) is 0 Å². The highest BCUT2D eigenvalue weighted by Gasteiger charge is 2.27. The molecule has 2 unspecified atom stereocenters. The zero-order valence-corrected chi connectivity index (χ0v) is 20.0. The number of hydrogen-bond donors (Lipinski definition) is 0. The minimum absolute atomic E-state index is 0.0139. The molecule has 4 rings (SSSR count). The van der Waals surface area contributed by atoms with E-state index >= 15 is 0 Å². The van der Waals surface area contributed by atoms with Gasteiger partial charge in [0.15, 0.2) is 11.5 Å². The fraction of sp³-hybridized carbons (Fsp3) is 0.480. The molecule has 2 atom stereocenters. The van der Waals surface area contributed by atoms with Gasteiger partial charge in [-0.05, 0) is 38.1 Å². The number of ether oxygens (including phenoxy) is 3. The van der Waals surface area contributed by atoms with Crippen LogP contribution in [-0.4, -0.2) is 96.6 Å². The summed E-state index contributed by atoms with van der Waals surface area (Å²) in [6, 6.07) is 10.7. The van der Waals surface area contributed by atoms with Crippen LogP contribution in [0.5, 0.6) is 17.4 Å². The first-order valence-corrected chi connectivity index (χ1v) is 11.7. The third-order valence-corrected chi connectivity index (χ3v) is 5.95. The Morgan fingerprint density at radius 1 is 1.03 bits per heavy atom. The van der Waals surface area contributed by atoms with Gasteiger partial charge in [-0.1, -0.05) is 12.1 Å². The quantitative estimate of drug-likeness (QED) is 0.669. The van der Waals surface area contributed by atoms with E-state index in [-0.39, 0.29) is 36.4 Å². The minimum atomic E-state index is -0.192. The first-order chi connectivity index (χ1) is 16.4. The molecule has 2 amide bonds. The largest absolute Gasteiger partial charge is 0.488 e. The van der Waals surface area contributed by atoms with E-state index in [0.29, 0.717) is 56.4 Å². The van der Waals surface area contributed by atoms with Gasteiger partial charge in [-0.25, -0.2) is 4.98 Å². The van der Waals surface area contributed by atoms with Crippen molar-refractivity contribution in [1.29, 1.82) is 0 Å². The van der Waals surface area contributed by atoms with Crippen molar-refractivity contribution in [3.8, 4) is 17.4 Å². The molecule has 2 aliphatic rings. The van der Waals surface area contributed by atoms with E-state index < -0.39 is 0 Å². The molecule has 182 valence electrons. The molecule has 34 heavy (non-hydrogen) atoms. The van der Waals surface area contributed by atoms with Gasteiger partial charge in [-0.2, -0.15) is 0 Å². The molecule has 2 aliphatic heterocycles. The number of nitrogens with zero attached hydrogens (tertiary/aromatic N) is 4. The molecular formula is C25H32N4O5. The normalized spacial score (nSPS) is 22.3. The Labute approximate surface area is 200 Å². The molecule has 9 heteroatoms. The molecule has 3 heterocycles. The molecule has 0 N–H and O–H groups in total. The maximum atomic E-state index is 13.2. The number of hydrogen-bond acceptors (Lipinski definition) is 7. The van der Waals surface area contributed by atoms with Gasteiger partial charge < -0.3 is 24.0 Å². The fourth-order valence-electron chi connectivity index (χ4n) is 4.22. The lowest BCUT2D eigenvalue weighted by molar-refractivity contribution is -0.144. The summed E-state index contributed by atoms with van der Waals surface area (Å²) >= 11 is 0.